The summed E-state index contributed by atoms with van der Waals surface area (Å²) in [6.07, 6.45) is 1.12. The molecule has 0 aromatic heterocycles. The number of halogens is 1. The Morgan fingerprint density at radius 1 is 1.17 bits per heavy atom. The molecule has 0 bridgehead atoms. The molecule has 0 saturated heterocycles. The Bertz CT molecular complexity index is 223. The van der Waals surface area contributed by atoms with Crippen molar-refractivity contribution >= 4 is 15.9 Å². The molecule has 66 valence electrons. The molecule has 1 aromatic carbocycles. The lowest BCUT2D eigenvalue weighted by molar-refractivity contribution is 0.865. The highest BCUT2D eigenvalue weighted by Gasteiger charge is 1.97. The van der Waals surface area contributed by atoms with Gasteiger partial charge in [0.1, 0.15) is 0 Å². The number of rotatable bonds is 3. The molecule has 0 radical (unpaired) electrons. The highest BCUT2D eigenvalue weighted by Crippen LogP contribution is 2.14. The third-order valence-electron chi connectivity index (χ3n) is 2.03. The Morgan fingerprint density at radius 2 is 1.75 bits per heavy atom. The predicted octanol–water partition coefficient (Wildman–Crippen LogP) is 3.75. The summed E-state index contributed by atoms with van der Waals surface area (Å²) in [7, 11) is 0. The van der Waals surface area contributed by atoms with Crippen molar-refractivity contribution in [2.75, 3.05) is 5.33 Å². The zero-order chi connectivity index (χ0) is 8.97. The molecule has 0 N–H and O–H groups in total. The Kier molecular flexibility index (Phi) is 3.80. The standard InChI is InChI=1S/C11H15Br/c1-9(2)11-5-3-10(4-6-11)7-8-12/h3-6,9H,7-8H2,1-2H3. The van der Waals surface area contributed by atoms with Crippen LogP contribution in [-0.4, -0.2) is 5.33 Å². The van der Waals surface area contributed by atoms with Crippen LogP contribution in [0.25, 0.3) is 0 Å². The largest absolute Gasteiger partial charge is 0.0924 e. The van der Waals surface area contributed by atoms with E-state index in [0.717, 1.165) is 11.8 Å². The second-order valence-electron chi connectivity index (χ2n) is 3.34. The van der Waals surface area contributed by atoms with Crippen molar-refractivity contribution in [1.29, 1.82) is 0 Å². The summed E-state index contributed by atoms with van der Waals surface area (Å²) in [6, 6.07) is 8.89. The average molecular weight is 227 g/mol. The zero-order valence-electron chi connectivity index (χ0n) is 7.68. The molecule has 1 aromatic rings. The van der Waals surface area contributed by atoms with Crippen LogP contribution in [0.2, 0.25) is 0 Å². The van der Waals surface area contributed by atoms with Gasteiger partial charge in [0.2, 0.25) is 0 Å². The van der Waals surface area contributed by atoms with E-state index in [0.29, 0.717) is 5.92 Å². The second kappa shape index (κ2) is 4.66. The van der Waals surface area contributed by atoms with Gasteiger partial charge in [-0.3, -0.25) is 0 Å². The number of hydrogen-bond acceptors (Lipinski definition) is 0. The quantitative estimate of drug-likeness (QED) is 0.690. The Labute approximate surface area is 83.1 Å². The molecule has 0 aliphatic carbocycles. The van der Waals surface area contributed by atoms with Gasteiger partial charge < -0.3 is 0 Å². The SMILES string of the molecule is CC(C)c1ccc(CCBr)cc1. The Hall–Kier alpha value is -0.300. The predicted molar refractivity (Wildman–Crippen MR) is 58.0 cm³/mol. The molecule has 0 unspecified atom stereocenters. The first-order chi connectivity index (χ1) is 5.74. The molecule has 0 heterocycles. The number of hydrogen-bond donors (Lipinski definition) is 0. The first-order valence-electron chi connectivity index (χ1n) is 4.39. The van der Waals surface area contributed by atoms with E-state index in [-0.39, 0.29) is 0 Å². The summed E-state index contributed by atoms with van der Waals surface area (Å²) in [4.78, 5) is 0. The molecule has 0 fully saturated rings. The van der Waals surface area contributed by atoms with E-state index in [1.165, 1.54) is 11.1 Å². The van der Waals surface area contributed by atoms with Crippen molar-refractivity contribution in [3.63, 3.8) is 0 Å². The summed E-state index contributed by atoms with van der Waals surface area (Å²) >= 11 is 3.43. The van der Waals surface area contributed by atoms with Crippen LogP contribution in [-0.2, 0) is 6.42 Å². The maximum absolute atomic E-state index is 3.43. The van der Waals surface area contributed by atoms with E-state index in [1.807, 2.05) is 0 Å². The third-order valence-corrected chi connectivity index (χ3v) is 2.43. The minimum atomic E-state index is 0.642. The topological polar surface area (TPSA) is 0 Å². The van der Waals surface area contributed by atoms with Crippen molar-refractivity contribution in [3.8, 4) is 0 Å². The fraction of sp³-hybridized carbons (Fsp3) is 0.455. The number of benzene rings is 1. The Morgan fingerprint density at radius 3 is 2.17 bits per heavy atom. The van der Waals surface area contributed by atoms with Crippen molar-refractivity contribution in [2.45, 2.75) is 26.2 Å². The van der Waals surface area contributed by atoms with Gasteiger partial charge in [0.05, 0.1) is 0 Å². The molecule has 0 aliphatic rings. The van der Waals surface area contributed by atoms with Crippen LogP contribution < -0.4 is 0 Å². The zero-order valence-corrected chi connectivity index (χ0v) is 9.26. The van der Waals surface area contributed by atoms with E-state index < -0.39 is 0 Å². The maximum Gasteiger partial charge on any atom is 0.00718 e. The van der Waals surface area contributed by atoms with Gasteiger partial charge in [-0.25, -0.2) is 0 Å². The van der Waals surface area contributed by atoms with E-state index in [1.54, 1.807) is 0 Å². The number of aryl methyl sites for hydroxylation is 1. The average Bonchev–Trinajstić information content (AvgIpc) is 2.06. The van der Waals surface area contributed by atoms with Crippen molar-refractivity contribution < 1.29 is 0 Å². The van der Waals surface area contributed by atoms with Gasteiger partial charge in [0.15, 0.2) is 0 Å². The normalized spacial score (nSPS) is 10.7. The molecule has 0 nitrogen and oxygen atoms in total. The molecule has 0 aliphatic heterocycles. The van der Waals surface area contributed by atoms with E-state index in [2.05, 4.69) is 54.0 Å². The molecule has 1 rings (SSSR count). The lowest BCUT2D eigenvalue weighted by Crippen LogP contribution is -1.89. The molecule has 0 atom stereocenters. The van der Waals surface area contributed by atoms with Crippen molar-refractivity contribution in [2.24, 2.45) is 0 Å². The van der Waals surface area contributed by atoms with Crippen LogP contribution in [0.4, 0.5) is 0 Å². The van der Waals surface area contributed by atoms with E-state index in [4.69, 9.17) is 0 Å². The van der Waals surface area contributed by atoms with Crippen LogP contribution in [0.3, 0.4) is 0 Å². The van der Waals surface area contributed by atoms with E-state index >= 15 is 0 Å². The van der Waals surface area contributed by atoms with Crippen LogP contribution in [0.1, 0.15) is 30.9 Å². The second-order valence-corrected chi connectivity index (χ2v) is 4.13. The summed E-state index contributed by atoms with van der Waals surface area (Å²) in [5.41, 5.74) is 2.84. The van der Waals surface area contributed by atoms with Gasteiger partial charge in [0, 0.05) is 5.33 Å². The third kappa shape index (κ3) is 2.63. The summed E-state index contributed by atoms with van der Waals surface area (Å²) in [6.45, 7) is 4.44. The minimum Gasteiger partial charge on any atom is -0.0924 e. The van der Waals surface area contributed by atoms with Crippen molar-refractivity contribution in [1.82, 2.24) is 0 Å². The van der Waals surface area contributed by atoms with Gasteiger partial charge in [-0.2, -0.15) is 0 Å². The summed E-state index contributed by atoms with van der Waals surface area (Å²) in [5.74, 6) is 0.642. The van der Waals surface area contributed by atoms with Crippen molar-refractivity contribution in [3.05, 3.63) is 35.4 Å². The van der Waals surface area contributed by atoms with Crippen LogP contribution in [0.5, 0.6) is 0 Å². The molecular weight excluding hydrogens is 212 g/mol. The van der Waals surface area contributed by atoms with Crippen LogP contribution in [0, 0.1) is 0 Å². The lowest BCUT2D eigenvalue weighted by atomic mass is 10.0. The first-order valence-corrected chi connectivity index (χ1v) is 5.51. The fourth-order valence-electron chi connectivity index (χ4n) is 1.18. The molecule has 12 heavy (non-hydrogen) atoms. The Balaban J connectivity index is 2.71. The maximum atomic E-state index is 3.43. The fourth-order valence-corrected chi connectivity index (χ4v) is 1.64. The smallest absolute Gasteiger partial charge is 0.00718 e. The first kappa shape index (κ1) is 9.79. The minimum absolute atomic E-state index is 0.642. The van der Waals surface area contributed by atoms with Gasteiger partial charge in [-0.05, 0) is 23.5 Å². The van der Waals surface area contributed by atoms with E-state index in [9.17, 15) is 0 Å². The van der Waals surface area contributed by atoms with Crippen LogP contribution >= 0.6 is 15.9 Å². The van der Waals surface area contributed by atoms with Gasteiger partial charge >= 0.3 is 0 Å². The molecule has 1 heteroatoms. The van der Waals surface area contributed by atoms with Crippen LogP contribution in [0.15, 0.2) is 24.3 Å². The lowest BCUT2D eigenvalue weighted by Gasteiger charge is -2.05. The highest BCUT2D eigenvalue weighted by molar-refractivity contribution is 9.09. The molecular formula is C11H15Br. The van der Waals surface area contributed by atoms with Gasteiger partial charge in [-0.1, -0.05) is 54.0 Å². The van der Waals surface area contributed by atoms with Gasteiger partial charge in [0.25, 0.3) is 0 Å². The monoisotopic (exact) mass is 226 g/mol. The highest BCUT2D eigenvalue weighted by atomic mass is 79.9. The number of alkyl halides is 1. The molecule has 0 saturated carbocycles. The molecule has 0 spiro atoms. The summed E-state index contributed by atoms with van der Waals surface area (Å²) < 4.78 is 0. The molecule has 0 amide bonds. The van der Waals surface area contributed by atoms with Gasteiger partial charge in [-0.15, -0.1) is 0 Å². The summed E-state index contributed by atoms with van der Waals surface area (Å²) in [5, 5.41) is 1.05.